The van der Waals surface area contributed by atoms with Crippen LogP contribution in [0.1, 0.15) is 91.9 Å². The highest BCUT2D eigenvalue weighted by Gasteiger charge is 2.64. The van der Waals surface area contributed by atoms with E-state index in [0.717, 1.165) is 12.8 Å². The number of aliphatic hydroxyl groups is 1. The predicted octanol–water partition coefficient (Wildman–Crippen LogP) is 6.06. The molecule has 4 unspecified atom stereocenters. The monoisotopic (exact) mass is 402 g/mol. The second-order valence-electron chi connectivity index (χ2n) is 11.4. The number of hydrogen-bond acceptors (Lipinski definition) is 2. The van der Waals surface area contributed by atoms with Gasteiger partial charge < -0.3 is 10.2 Å². The Labute approximate surface area is 177 Å². The van der Waals surface area contributed by atoms with Crippen LogP contribution in [0.3, 0.4) is 0 Å². The maximum absolute atomic E-state index is 11.7. The molecule has 164 valence electrons. The Balaban J connectivity index is 1.66. The molecule has 3 nitrogen and oxygen atoms in total. The molecule has 0 spiro atoms. The fraction of sp³-hybridized carbons (Fsp3) is 0.885. The molecule has 0 saturated heterocycles. The lowest BCUT2D eigenvalue weighted by molar-refractivity contribution is -0.191. The summed E-state index contributed by atoms with van der Waals surface area (Å²) in [6, 6.07) is 0. The first-order chi connectivity index (χ1) is 13.7. The van der Waals surface area contributed by atoms with E-state index in [9.17, 15) is 9.90 Å². The summed E-state index contributed by atoms with van der Waals surface area (Å²) in [5.74, 6) is 2.61. The van der Waals surface area contributed by atoms with Crippen molar-refractivity contribution in [3.8, 4) is 0 Å². The molecule has 0 aromatic rings. The Morgan fingerprint density at radius 1 is 1.00 bits per heavy atom. The van der Waals surface area contributed by atoms with Gasteiger partial charge in [-0.3, -0.25) is 4.79 Å². The third kappa shape index (κ3) is 3.22. The molecule has 0 radical (unpaired) electrons. The summed E-state index contributed by atoms with van der Waals surface area (Å²) in [5, 5.41) is 20.8. The molecule has 2 N–H and O–H groups in total. The number of aliphatic hydroxyl groups excluding tert-OH is 1. The molecule has 4 rings (SSSR count). The molecule has 9 atom stereocenters. The average Bonchev–Trinajstić information content (AvgIpc) is 3.04. The molecule has 4 aliphatic rings. The minimum atomic E-state index is -0.738. The summed E-state index contributed by atoms with van der Waals surface area (Å²) in [6.45, 7) is 9.49. The molecule has 4 fully saturated rings. The standard InChI is InChI=1S/C26H42O3/c1-5-17-19-8-6-7-14-25(19,3)21-13-15-26(4)18(16(2)9-12-22(27)28)10-11-20(26)23(21)24(17)29/h9,17-21,23-24,29H,5-8,10-15H2,1-4H3,(H,27,28)/b16-9-/t17-,18-,19?,20?,21?,23?,24-,25+,26-/m1/s1. The molecule has 0 bridgehead atoms. The van der Waals surface area contributed by atoms with Gasteiger partial charge in [-0.1, -0.05) is 51.7 Å². The van der Waals surface area contributed by atoms with Crippen LogP contribution >= 0.6 is 0 Å². The molecule has 0 aromatic heterocycles. The van der Waals surface area contributed by atoms with Crippen LogP contribution in [0.25, 0.3) is 0 Å². The smallest absolute Gasteiger partial charge is 0.307 e. The van der Waals surface area contributed by atoms with Crippen LogP contribution in [0.5, 0.6) is 0 Å². The highest BCUT2D eigenvalue weighted by atomic mass is 16.4. The zero-order valence-corrected chi connectivity index (χ0v) is 19.0. The van der Waals surface area contributed by atoms with Gasteiger partial charge in [0.1, 0.15) is 0 Å². The Morgan fingerprint density at radius 3 is 2.41 bits per heavy atom. The maximum atomic E-state index is 11.7. The molecular formula is C26H42O3. The minimum absolute atomic E-state index is 0.134. The van der Waals surface area contributed by atoms with Crippen LogP contribution in [0.2, 0.25) is 0 Å². The van der Waals surface area contributed by atoms with Gasteiger partial charge in [0.15, 0.2) is 0 Å². The predicted molar refractivity (Wildman–Crippen MR) is 116 cm³/mol. The fourth-order valence-corrected chi connectivity index (χ4v) is 9.18. The second kappa shape index (κ2) is 7.70. The van der Waals surface area contributed by atoms with Gasteiger partial charge in [-0.15, -0.1) is 0 Å². The fourth-order valence-electron chi connectivity index (χ4n) is 9.18. The van der Waals surface area contributed by atoms with Crippen molar-refractivity contribution in [2.24, 2.45) is 46.3 Å². The van der Waals surface area contributed by atoms with Gasteiger partial charge in [0.25, 0.3) is 0 Å². The Kier molecular flexibility index (Phi) is 5.68. The third-order valence-electron chi connectivity index (χ3n) is 10.5. The van der Waals surface area contributed by atoms with Crippen molar-refractivity contribution in [1.82, 2.24) is 0 Å². The van der Waals surface area contributed by atoms with Crippen LogP contribution in [0.15, 0.2) is 11.6 Å². The average molecular weight is 403 g/mol. The van der Waals surface area contributed by atoms with Crippen molar-refractivity contribution in [2.75, 3.05) is 0 Å². The lowest BCUT2D eigenvalue weighted by Gasteiger charge is -2.64. The Bertz CT molecular complexity index is 669. The largest absolute Gasteiger partial charge is 0.481 e. The van der Waals surface area contributed by atoms with E-state index in [-0.39, 0.29) is 17.9 Å². The Hall–Kier alpha value is -0.830. The van der Waals surface area contributed by atoms with E-state index < -0.39 is 5.97 Å². The summed E-state index contributed by atoms with van der Waals surface area (Å²) in [5.41, 5.74) is 1.91. The van der Waals surface area contributed by atoms with E-state index in [0.29, 0.717) is 40.9 Å². The van der Waals surface area contributed by atoms with Gasteiger partial charge in [0.05, 0.1) is 12.5 Å². The summed E-state index contributed by atoms with van der Waals surface area (Å²) in [7, 11) is 0. The van der Waals surface area contributed by atoms with Crippen LogP contribution < -0.4 is 0 Å². The van der Waals surface area contributed by atoms with E-state index in [4.69, 9.17) is 5.11 Å². The van der Waals surface area contributed by atoms with E-state index in [1.165, 1.54) is 50.5 Å². The van der Waals surface area contributed by atoms with Crippen LogP contribution in [-0.4, -0.2) is 22.3 Å². The van der Waals surface area contributed by atoms with Crippen LogP contribution in [0, 0.1) is 46.3 Å². The highest BCUT2D eigenvalue weighted by molar-refractivity contribution is 5.68. The van der Waals surface area contributed by atoms with Crippen molar-refractivity contribution < 1.29 is 15.0 Å². The van der Waals surface area contributed by atoms with Gasteiger partial charge >= 0.3 is 5.97 Å². The summed E-state index contributed by atoms with van der Waals surface area (Å²) in [4.78, 5) is 11.1. The molecule has 0 heterocycles. The molecule has 3 heteroatoms. The molecule has 4 saturated carbocycles. The van der Waals surface area contributed by atoms with Crippen molar-refractivity contribution in [1.29, 1.82) is 0 Å². The van der Waals surface area contributed by atoms with E-state index in [2.05, 4.69) is 27.7 Å². The quantitative estimate of drug-likeness (QED) is 0.562. The topological polar surface area (TPSA) is 57.5 Å². The maximum Gasteiger partial charge on any atom is 0.307 e. The summed E-state index contributed by atoms with van der Waals surface area (Å²) >= 11 is 0. The number of carbonyl (C=O) groups is 1. The molecule has 0 aliphatic heterocycles. The second-order valence-corrected chi connectivity index (χ2v) is 11.4. The number of hydrogen-bond donors (Lipinski definition) is 2. The normalized spacial score (nSPS) is 49.8. The Morgan fingerprint density at radius 2 is 1.72 bits per heavy atom. The number of carboxylic acid groups (broad SMARTS) is 1. The van der Waals surface area contributed by atoms with Gasteiger partial charge in [-0.25, -0.2) is 0 Å². The van der Waals surface area contributed by atoms with Gasteiger partial charge in [-0.05, 0) is 91.8 Å². The minimum Gasteiger partial charge on any atom is -0.481 e. The van der Waals surface area contributed by atoms with Gasteiger partial charge in [0, 0.05) is 0 Å². The number of rotatable bonds is 4. The molecule has 4 aliphatic carbocycles. The molecule has 0 amide bonds. The van der Waals surface area contributed by atoms with Crippen molar-refractivity contribution >= 4 is 5.97 Å². The van der Waals surface area contributed by atoms with Crippen LogP contribution in [0.4, 0.5) is 0 Å². The first-order valence-electron chi connectivity index (χ1n) is 12.3. The number of allylic oxidation sites excluding steroid dienone is 1. The molecule has 29 heavy (non-hydrogen) atoms. The van der Waals surface area contributed by atoms with Crippen molar-refractivity contribution in [3.05, 3.63) is 11.6 Å². The van der Waals surface area contributed by atoms with Gasteiger partial charge in [0.2, 0.25) is 0 Å². The number of fused-ring (bicyclic) bond motifs is 5. The first kappa shape index (κ1) is 21.4. The van der Waals surface area contributed by atoms with E-state index in [1.807, 2.05) is 6.08 Å². The lowest BCUT2D eigenvalue weighted by atomic mass is 9.41. The number of aliphatic carboxylic acids is 1. The van der Waals surface area contributed by atoms with Crippen LogP contribution in [-0.2, 0) is 4.79 Å². The van der Waals surface area contributed by atoms with E-state index >= 15 is 0 Å². The first-order valence-corrected chi connectivity index (χ1v) is 12.3. The lowest BCUT2D eigenvalue weighted by Crippen LogP contribution is -2.61. The van der Waals surface area contributed by atoms with Gasteiger partial charge in [-0.2, -0.15) is 0 Å². The van der Waals surface area contributed by atoms with Crippen molar-refractivity contribution in [3.63, 3.8) is 0 Å². The zero-order valence-electron chi connectivity index (χ0n) is 19.0. The highest BCUT2D eigenvalue weighted by Crippen LogP contribution is 2.69. The zero-order chi connectivity index (χ0) is 21.0. The SMILES string of the molecule is CC[C@@H]1C2CCCC[C@]2(C)C2CC[C@@]3(C)C(CC[C@@H]3/C(C)=C\CC(=O)O)C2[C@@H]1O. The summed E-state index contributed by atoms with van der Waals surface area (Å²) in [6.07, 6.45) is 13.3. The number of carboxylic acids is 1. The van der Waals surface area contributed by atoms with Crippen molar-refractivity contribution in [2.45, 2.75) is 98.0 Å². The molecule has 0 aromatic carbocycles. The van der Waals surface area contributed by atoms with E-state index in [1.54, 1.807) is 0 Å². The molecular weight excluding hydrogens is 360 g/mol. The third-order valence-corrected chi connectivity index (χ3v) is 10.5. The summed E-state index contributed by atoms with van der Waals surface area (Å²) < 4.78 is 0.